The van der Waals surface area contributed by atoms with E-state index in [9.17, 15) is 32.2 Å². The number of aromatic nitrogens is 2. The molecule has 2 aromatic rings. The van der Waals surface area contributed by atoms with E-state index in [1.165, 1.54) is 0 Å². The molecular formula is C24H32F5N3O3. The SMILES string of the molecule is CC(C)(C)CCCC1(O)CCNC(C(O)C(Cc2cc(F)cc(F)c2)c2nnc(C(F)(F)F)o2)C1. The minimum Gasteiger partial charge on any atom is -0.417 e. The number of hydrogen-bond donors (Lipinski definition) is 3. The smallest absolute Gasteiger partial charge is 0.417 e. The molecule has 0 radical (unpaired) electrons. The maximum absolute atomic E-state index is 13.8. The monoisotopic (exact) mass is 505 g/mol. The summed E-state index contributed by atoms with van der Waals surface area (Å²) >= 11 is 0. The molecule has 0 amide bonds. The minimum atomic E-state index is -4.89. The molecule has 1 aliphatic rings. The fraction of sp³-hybridized carbons (Fsp3) is 0.667. The molecule has 3 rings (SSSR count). The summed E-state index contributed by atoms with van der Waals surface area (Å²) in [5.41, 5.74) is -0.861. The van der Waals surface area contributed by atoms with Crippen LogP contribution in [0.25, 0.3) is 0 Å². The highest BCUT2D eigenvalue weighted by Crippen LogP contribution is 2.36. The zero-order valence-corrected chi connectivity index (χ0v) is 20.0. The zero-order valence-electron chi connectivity index (χ0n) is 20.0. The number of halogens is 5. The Morgan fingerprint density at radius 2 is 1.80 bits per heavy atom. The second-order valence-electron chi connectivity index (χ2n) is 10.7. The predicted molar refractivity (Wildman–Crippen MR) is 117 cm³/mol. The van der Waals surface area contributed by atoms with Gasteiger partial charge in [-0.3, -0.25) is 0 Å². The van der Waals surface area contributed by atoms with Crippen LogP contribution in [0.2, 0.25) is 0 Å². The summed E-state index contributed by atoms with van der Waals surface area (Å²) in [5.74, 6) is -5.00. The Kier molecular flexibility index (Phi) is 8.23. The van der Waals surface area contributed by atoms with E-state index in [1.807, 2.05) is 0 Å². The summed E-state index contributed by atoms with van der Waals surface area (Å²) < 4.78 is 71.5. The molecule has 1 aromatic heterocycles. The van der Waals surface area contributed by atoms with Crippen molar-refractivity contribution in [3.63, 3.8) is 0 Å². The van der Waals surface area contributed by atoms with Gasteiger partial charge in [0.1, 0.15) is 11.6 Å². The third-order valence-electron chi connectivity index (χ3n) is 6.37. The van der Waals surface area contributed by atoms with Crippen molar-refractivity contribution >= 4 is 0 Å². The molecule has 1 aromatic carbocycles. The van der Waals surface area contributed by atoms with Crippen LogP contribution in [0.15, 0.2) is 22.6 Å². The second-order valence-corrected chi connectivity index (χ2v) is 10.7. The van der Waals surface area contributed by atoms with Gasteiger partial charge in [0, 0.05) is 12.1 Å². The highest BCUT2D eigenvalue weighted by atomic mass is 19.4. The topological polar surface area (TPSA) is 91.4 Å². The number of aliphatic hydroxyl groups is 2. The van der Waals surface area contributed by atoms with Gasteiger partial charge in [0.15, 0.2) is 0 Å². The number of nitrogens with one attached hydrogen (secondary N) is 1. The fourth-order valence-electron chi connectivity index (χ4n) is 4.61. The van der Waals surface area contributed by atoms with E-state index in [1.54, 1.807) is 0 Å². The lowest BCUT2D eigenvalue weighted by Gasteiger charge is -2.41. The highest BCUT2D eigenvalue weighted by Gasteiger charge is 2.43. The third-order valence-corrected chi connectivity index (χ3v) is 6.37. The molecule has 1 aliphatic heterocycles. The number of benzene rings is 1. The maximum Gasteiger partial charge on any atom is 0.470 e. The van der Waals surface area contributed by atoms with Gasteiger partial charge in [0.25, 0.3) is 0 Å². The Balaban J connectivity index is 1.84. The first-order valence-corrected chi connectivity index (χ1v) is 11.6. The molecule has 1 saturated heterocycles. The molecular weight excluding hydrogens is 473 g/mol. The Labute approximate surface area is 200 Å². The van der Waals surface area contributed by atoms with E-state index in [0.29, 0.717) is 25.5 Å². The van der Waals surface area contributed by atoms with E-state index < -0.39 is 53.3 Å². The number of piperidine rings is 1. The highest BCUT2D eigenvalue weighted by molar-refractivity contribution is 5.21. The Morgan fingerprint density at radius 3 is 2.37 bits per heavy atom. The van der Waals surface area contributed by atoms with Gasteiger partial charge >= 0.3 is 12.1 Å². The van der Waals surface area contributed by atoms with Crippen LogP contribution in [-0.2, 0) is 12.6 Å². The molecule has 0 aliphatic carbocycles. The Morgan fingerprint density at radius 1 is 1.14 bits per heavy atom. The van der Waals surface area contributed by atoms with Crippen molar-refractivity contribution in [2.24, 2.45) is 5.41 Å². The Hall–Kier alpha value is -2.11. The van der Waals surface area contributed by atoms with E-state index in [2.05, 4.69) is 36.3 Å². The largest absolute Gasteiger partial charge is 0.470 e. The van der Waals surface area contributed by atoms with Gasteiger partial charge < -0.3 is 19.9 Å². The van der Waals surface area contributed by atoms with Crippen molar-refractivity contribution < 1.29 is 36.6 Å². The number of nitrogens with zero attached hydrogens (tertiary/aromatic N) is 2. The van der Waals surface area contributed by atoms with E-state index in [0.717, 1.165) is 25.0 Å². The average molecular weight is 506 g/mol. The quantitative estimate of drug-likeness (QED) is 0.449. The molecule has 0 saturated carbocycles. The number of hydrogen-bond acceptors (Lipinski definition) is 6. The van der Waals surface area contributed by atoms with Crippen molar-refractivity contribution in [1.29, 1.82) is 0 Å². The summed E-state index contributed by atoms with van der Waals surface area (Å²) in [4.78, 5) is 0. The first-order chi connectivity index (χ1) is 16.2. The third kappa shape index (κ3) is 7.68. The molecule has 6 nitrogen and oxygen atoms in total. The van der Waals surface area contributed by atoms with E-state index in [4.69, 9.17) is 4.42 Å². The molecule has 35 heavy (non-hydrogen) atoms. The second kappa shape index (κ2) is 10.5. The van der Waals surface area contributed by atoms with Crippen LogP contribution in [0, 0.1) is 17.0 Å². The molecule has 4 atom stereocenters. The molecule has 11 heteroatoms. The van der Waals surface area contributed by atoms with Gasteiger partial charge in [-0.15, -0.1) is 10.2 Å². The van der Waals surface area contributed by atoms with Crippen LogP contribution in [-0.4, -0.2) is 44.7 Å². The van der Waals surface area contributed by atoms with Crippen molar-refractivity contribution in [3.8, 4) is 0 Å². The van der Waals surface area contributed by atoms with Gasteiger partial charge in [-0.25, -0.2) is 8.78 Å². The van der Waals surface area contributed by atoms with Crippen LogP contribution in [0.5, 0.6) is 0 Å². The first kappa shape index (κ1) is 27.5. The molecule has 0 bridgehead atoms. The van der Waals surface area contributed by atoms with E-state index in [-0.39, 0.29) is 23.8 Å². The van der Waals surface area contributed by atoms with Crippen LogP contribution < -0.4 is 5.32 Å². The normalized spacial score (nSPS) is 23.3. The first-order valence-electron chi connectivity index (χ1n) is 11.6. The minimum absolute atomic E-state index is 0.0989. The van der Waals surface area contributed by atoms with Crippen LogP contribution in [0.3, 0.4) is 0 Å². The lowest BCUT2D eigenvalue weighted by Crippen LogP contribution is -2.54. The number of aliphatic hydroxyl groups excluding tert-OH is 1. The molecule has 0 spiro atoms. The maximum atomic E-state index is 13.8. The fourth-order valence-corrected chi connectivity index (χ4v) is 4.61. The molecule has 3 N–H and O–H groups in total. The van der Waals surface area contributed by atoms with Gasteiger partial charge in [-0.1, -0.05) is 27.2 Å². The number of alkyl halides is 3. The Bertz CT molecular complexity index is 971. The number of rotatable bonds is 8. The summed E-state index contributed by atoms with van der Waals surface area (Å²) in [6, 6.07) is 2.01. The van der Waals surface area contributed by atoms with Crippen molar-refractivity contribution in [3.05, 3.63) is 47.2 Å². The van der Waals surface area contributed by atoms with Gasteiger partial charge in [-0.05, 0) is 61.8 Å². The molecule has 2 heterocycles. The molecule has 1 fully saturated rings. The standard InChI is InChI=1S/C24H32F5N3O3/c1-22(2,3)5-4-6-23(34)7-8-30-18(13-23)19(33)17(11-14-9-15(25)12-16(26)10-14)20-31-32-21(35-20)24(27,28)29/h9-10,12,17-19,30,33-34H,4-8,11,13H2,1-3H3. The summed E-state index contributed by atoms with van der Waals surface area (Å²) in [6.07, 6.45) is -3.74. The van der Waals surface area contributed by atoms with Gasteiger partial charge in [-0.2, -0.15) is 13.2 Å². The van der Waals surface area contributed by atoms with Crippen LogP contribution in [0.1, 0.15) is 76.1 Å². The van der Waals surface area contributed by atoms with Crippen LogP contribution in [0.4, 0.5) is 22.0 Å². The van der Waals surface area contributed by atoms with Crippen LogP contribution >= 0.6 is 0 Å². The summed E-state index contributed by atoms with van der Waals surface area (Å²) in [6.45, 7) is 6.69. The van der Waals surface area contributed by atoms with Gasteiger partial charge in [0.05, 0.1) is 17.6 Å². The summed E-state index contributed by atoms with van der Waals surface area (Å²) in [7, 11) is 0. The lowest BCUT2D eigenvalue weighted by molar-refractivity contribution is -0.157. The van der Waals surface area contributed by atoms with Gasteiger partial charge in [0.2, 0.25) is 5.89 Å². The molecule has 196 valence electrons. The van der Waals surface area contributed by atoms with Crippen molar-refractivity contribution in [1.82, 2.24) is 15.5 Å². The van der Waals surface area contributed by atoms with E-state index >= 15 is 0 Å². The lowest BCUT2D eigenvalue weighted by atomic mass is 9.77. The van der Waals surface area contributed by atoms with Crippen molar-refractivity contribution in [2.75, 3.05) is 6.54 Å². The predicted octanol–water partition coefficient (Wildman–Crippen LogP) is 4.75. The molecule has 4 unspecified atom stereocenters. The van der Waals surface area contributed by atoms with Crippen molar-refractivity contribution in [2.45, 2.75) is 89.1 Å². The summed E-state index contributed by atoms with van der Waals surface area (Å²) in [5, 5.41) is 32.0. The zero-order chi connectivity index (χ0) is 26.0. The average Bonchev–Trinajstić information content (AvgIpc) is 3.20.